The predicted molar refractivity (Wildman–Crippen MR) is 100.0 cm³/mol. The summed E-state index contributed by atoms with van der Waals surface area (Å²) in [5.41, 5.74) is 1.50. The molecule has 0 saturated heterocycles. The number of hydrogen-bond donors (Lipinski definition) is 1. The SMILES string of the molecule is Cc1noc(CCNC(=O)c2ccccc2OCc2ccccc2Br)n1. The average molecular weight is 416 g/mol. The number of aryl methyl sites for hydroxylation is 1. The van der Waals surface area contributed by atoms with E-state index in [1.807, 2.05) is 36.4 Å². The van der Waals surface area contributed by atoms with Crippen molar-refractivity contribution in [1.82, 2.24) is 15.5 Å². The third-order valence-electron chi connectivity index (χ3n) is 3.67. The molecular weight excluding hydrogens is 398 g/mol. The molecule has 134 valence electrons. The lowest BCUT2D eigenvalue weighted by Crippen LogP contribution is -2.26. The van der Waals surface area contributed by atoms with Gasteiger partial charge in [-0.2, -0.15) is 4.98 Å². The van der Waals surface area contributed by atoms with Gasteiger partial charge in [-0.3, -0.25) is 4.79 Å². The Morgan fingerprint density at radius 2 is 1.96 bits per heavy atom. The molecule has 1 N–H and O–H groups in total. The van der Waals surface area contributed by atoms with E-state index in [1.165, 1.54) is 0 Å². The molecular formula is C19H18BrN3O3. The summed E-state index contributed by atoms with van der Waals surface area (Å²) in [4.78, 5) is 16.6. The molecule has 0 aliphatic carbocycles. The van der Waals surface area contributed by atoms with Gasteiger partial charge in [-0.15, -0.1) is 0 Å². The second-order valence-corrected chi connectivity index (χ2v) is 6.47. The summed E-state index contributed by atoms with van der Waals surface area (Å²) in [6, 6.07) is 15.0. The fourth-order valence-corrected chi connectivity index (χ4v) is 2.77. The summed E-state index contributed by atoms with van der Waals surface area (Å²) in [5.74, 6) is 1.41. The minimum absolute atomic E-state index is 0.205. The first-order valence-electron chi connectivity index (χ1n) is 8.16. The Kier molecular flexibility index (Phi) is 6.01. The van der Waals surface area contributed by atoms with E-state index in [0.29, 0.717) is 42.6 Å². The zero-order valence-corrected chi connectivity index (χ0v) is 15.8. The van der Waals surface area contributed by atoms with Crippen LogP contribution in [-0.2, 0) is 13.0 Å². The van der Waals surface area contributed by atoms with E-state index in [0.717, 1.165) is 10.0 Å². The van der Waals surface area contributed by atoms with Crippen molar-refractivity contribution in [3.8, 4) is 5.75 Å². The molecule has 0 spiro atoms. The van der Waals surface area contributed by atoms with Gasteiger partial charge in [0.1, 0.15) is 12.4 Å². The van der Waals surface area contributed by atoms with Gasteiger partial charge < -0.3 is 14.6 Å². The smallest absolute Gasteiger partial charge is 0.255 e. The molecule has 3 rings (SSSR count). The normalized spacial score (nSPS) is 10.5. The summed E-state index contributed by atoms with van der Waals surface area (Å²) < 4.78 is 11.9. The van der Waals surface area contributed by atoms with Gasteiger partial charge in [-0.1, -0.05) is 51.4 Å². The van der Waals surface area contributed by atoms with Crippen LogP contribution in [-0.4, -0.2) is 22.6 Å². The summed E-state index contributed by atoms with van der Waals surface area (Å²) in [7, 11) is 0. The third kappa shape index (κ3) is 4.70. The van der Waals surface area contributed by atoms with Crippen LogP contribution < -0.4 is 10.1 Å². The first-order chi connectivity index (χ1) is 12.6. The van der Waals surface area contributed by atoms with Crippen molar-refractivity contribution < 1.29 is 14.1 Å². The molecule has 0 aliphatic rings. The fraction of sp³-hybridized carbons (Fsp3) is 0.211. The van der Waals surface area contributed by atoms with Crippen LogP contribution in [0, 0.1) is 6.92 Å². The Bertz CT molecular complexity index is 895. The molecule has 0 unspecified atom stereocenters. The van der Waals surface area contributed by atoms with E-state index >= 15 is 0 Å². The number of para-hydroxylation sites is 1. The quantitative estimate of drug-likeness (QED) is 0.636. The Labute approximate surface area is 159 Å². The Morgan fingerprint density at radius 1 is 1.19 bits per heavy atom. The van der Waals surface area contributed by atoms with Gasteiger partial charge in [-0.05, 0) is 25.1 Å². The molecule has 2 aromatic carbocycles. The number of rotatable bonds is 7. The van der Waals surface area contributed by atoms with Gasteiger partial charge in [0.2, 0.25) is 5.89 Å². The highest BCUT2D eigenvalue weighted by atomic mass is 79.9. The minimum Gasteiger partial charge on any atom is -0.488 e. The number of benzene rings is 2. The lowest BCUT2D eigenvalue weighted by atomic mass is 10.2. The monoisotopic (exact) mass is 415 g/mol. The van der Waals surface area contributed by atoms with Crippen molar-refractivity contribution in [3.05, 3.63) is 75.8 Å². The highest BCUT2D eigenvalue weighted by molar-refractivity contribution is 9.10. The van der Waals surface area contributed by atoms with Gasteiger partial charge >= 0.3 is 0 Å². The van der Waals surface area contributed by atoms with Crippen LogP contribution in [0.3, 0.4) is 0 Å². The van der Waals surface area contributed by atoms with Crippen LogP contribution in [0.15, 0.2) is 57.5 Å². The van der Waals surface area contributed by atoms with Crippen LogP contribution in [0.5, 0.6) is 5.75 Å². The Balaban J connectivity index is 1.60. The van der Waals surface area contributed by atoms with Gasteiger partial charge in [0, 0.05) is 23.0 Å². The van der Waals surface area contributed by atoms with E-state index in [9.17, 15) is 4.79 Å². The number of halogens is 1. The number of amides is 1. The van der Waals surface area contributed by atoms with Gasteiger partial charge in [-0.25, -0.2) is 0 Å². The number of hydrogen-bond acceptors (Lipinski definition) is 5. The molecule has 0 aliphatic heterocycles. The van der Waals surface area contributed by atoms with Crippen LogP contribution in [0.2, 0.25) is 0 Å². The molecule has 0 atom stereocenters. The lowest BCUT2D eigenvalue weighted by molar-refractivity contribution is 0.0949. The molecule has 7 heteroatoms. The van der Waals surface area contributed by atoms with Crippen molar-refractivity contribution >= 4 is 21.8 Å². The van der Waals surface area contributed by atoms with Crippen LogP contribution in [0.25, 0.3) is 0 Å². The largest absolute Gasteiger partial charge is 0.488 e. The second kappa shape index (κ2) is 8.62. The summed E-state index contributed by atoms with van der Waals surface area (Å²) in [5, 5.41) is 6.57. The summed E-state index contributed by atoms with van der Waals surface area (Å²) in [6.45, 7) is 2.52. The van der Waals surface area contributed by atoms with Crippen molar-refractivity contribution in [2.45, 2.75) is 20.0 Å². The molecule has 0 radical (unpaired) electrons. The maximum absolute atomic E-state index is 12.5. The predicted octanol–water partition coefficient (Wildman–Crippen LogP) is 3.69. The van der Waals surface area contributed by atoms with Gasteiger partial charge in [0.25, 0.3) is 5.91 Å². The molecule has 0 fully saturated rings. The molecule has 1 aromatic heterocycles. The summed E-state index contributed by atoms with van der Waals surface area (Å²) >= 11 is 3.50. The van der Waals surface area contributed by atoms with Crippen LogP contribution >= 0.6 is 15.9 Å². The number of ether oxygens (including phenoxy) is 1. The van der Waals surface area contributed by atoms with Crippen molar-refractivity contribution in [2.75, 3.05) is 6.54 Å². The first kappa shape index (κ1) is 18.1. The molecule has 1 heterocycles. The average Bonchev–Trinajstić information content (AvgIpc) is 3.06. The molecule has 3 aromatic rings. The van der Waals surface area contributed by atoms with Crippen molar-refractivity contribution in [1.29, 1.82) is 0 Å². The number of nitrogens with zero attached hydrogens (tertiary/aromatic N) is 2. The molecule has 0 bridgehead atoms. The van der Waals surface area contributed by atoms with Crippen LogP contribution in [0.4, 0.5) is 0 Å². The molecule has 1 amide bonds. The second-order valence-electron chi connectivity index (χ2n) is 5.62. The maximum atomic E-state index is 12.5. The standard InChI is InChI=1S/C19H18BrN3O3/c1-13-22-18(26-23-13)10-11-21-19(24)15-7-3-5-9-17(15)25-12-14-6-2-4-8-16(14)20/h2-9H,10-12H2,1H3,(H,21,24). The van der Waals surface area contributed by atoms with Crippen LogP contribution in [0.1, 0.15) is 27.6 Å². The minimum atomic E-state index is -0.205. The van der Waals surface area contributed by atoms with Gasteiger partial charge in [0.05, 0.1) is 5.56 Å². The van der Waals surface area contributed by atoms with Crippen molar-refractivity contribution in [2.24, 2.45) is 0 Å². The Hall–Kier alpha value is -2.67. The first-order valence-corrected chi connectivity index (χ1v) is 8.95. The molecule has 26 heavy (non-hydrogen) atoms. The van der Waals surface area contributed by atoms with E-state index in [-0.39, 0.29) is 5.91 Å². The summed E-state index contributed by atoms with van der Waals surface area (Å²) in [6.07, 6.45) is 0.479. The third-order valence-corrected chi connectivity index (χ3v) is 4.44. The van der Waals surface area contributed by atoms with E-state index < -0.39 is 0 Å². The van der Waals surface area contributed by atoms with Crippen molar-refractivity contribution in [3.63, 3.8) is 0 Å². The van der Waals surface area contributed by atoms with E-state index in [2.05, 4.69) is 31.4 Å². The Morgan fingerprint density at radius 3 is 2.73 bits per heavy atom. The zero-order valence-electron chi connectivity index (χ0n) is 14.2. The highest BCUT2D eigenvalue weighted by Crippen LogP contribution is 2.22. The number of aromatic nitrogens is 2. The lowest BCUT2D eigenvalue weighted by Gasteiger charge is -2.12. The molecule has 0 saturated carbocycles. The zero-order chi connectivity index (χ0) is 18.4. The number of carbonyl (C=O) groups excluding carboxylic acids is 1. The van der Waals surface area contributed by atoms with Gasteiger partial charge in [0.15, 0.2) is 5.82 Å². The number of carbonyl (C=O) groups is 1. The topological polar surface area (TPSA) is 77.2 Å². The number of nitrogens with one attached hydrogen (secondary N) is 1. The maximum Gasteiger partial charge on any atom is 0.255 e. The van der Waals surface area contributed by atoms with E-state index in [4.69, 9.17) is 9.26 Å². The van der Waals surface area contributed by atoms with E-state index in [1.54, 1.807) is 19.1 Å². The fourth-order valence-electron chi connectivity index (χ4n) is 2.37. The highest BCUT2D eigenvalue weighted by Gasteiger charge is 2.13. The molecule has 6 nitrogen and oxygen atoms in total.